The maximum absolute atomic E-state index is 14.4. The van der Waals surface area contributed by atoms with Crippen molar-refractivity contribution in [2.45, 2.75) is 110 Å². The average Bonchev–Trinajstić information content (AvgIpc) is 3.59. The molecule has 1 aromatic carbocycles. The molecule has 1 aliphatic rings. The number of carbonyl (C=O) groups excluding carboxylic acids is 4. The lowest BCUT2D eigenvalue weighted by Crippen LogP contribution is -2.59. The Morgan fingerprint density at radius 2 is 1.88 bits per heavy atom. The number of carbonyl (C=O) groups is 4. The van der Waals surface area contributed by atoms with Gasteiger partial charge in [0.15, 0.2) is 0 Å². The molecule has 0 bridgehead atoms. The molecular weight excluding hydrogens is 651 g/mol. The fourth-order valence-corrected chi connectivity index (χ4v) is 7.37. The minimum absolute atomic E-state index is 0.0738. The van der Waals surface area contributed by atoms with Crippen LogP contribution < -0.4 is 10.6 Å². The number of ether oxygens (including phenoxy) is 1. The Kier molecular flexibility index (Phi) is 17.3. The Hall–Kier alpha value is -3.41. The minimum Gasteiger partial charge on any atom is -0.357 e. The minimum atomic E-state index is -0.683. The van der Waals surface area contributed by atoms with Gasteiger partial charge in [-0.1, -0.05) is 83.9 Å². The van der Waals surface area contributed by atoms with E-state index in [0.717, 1.165) is 49.1 Å². The Morgan fingerprint density at radius 1 is 1.14 bits per heavy atom. The van der Waals surface area contributed by atoms with E-state index in [4.69, 9.17) is 4.74 Å². The fraction of sp³-hybridized carbons (Fsp3) is 0.615. The van der Waals surface area contributed by atoms with Gasteiger partial charge in [-0.25, -0.2) is 4.98 Å². The first-order chi connectivity index (χ1) is 24.0. The van der Waals surface area contributed by atoms with Gasteiger partial charge in [-0.15, -0.1) is 17.9 Å². The van der Waals surface area contributed by atoms with Crippen LogP contribution in [0.1, 0.15) is 94.2 Å². The lowest BCUT2D eigenvalue weighted by Gasteiger charge is -2.39. The molecule has 3 amide bonds. The van der Waals surface area contributed by atoms with Gasteiger partial charge < -0.3 is 25.1 Å². The number of nitrogens with one attached hydrogen (secondary N) is 2. The lowest BCUT2D eigenvalue weighted by atomic mass is 9.93. The van der Waals surface area contributed by atoms with Gasteiger partial charge in [0.2, 0.25) is 11.8 Å². The number of piperidine rings is 1. The molecule has 0 aliphatic carbocycles. The molecule has 0 spiro atoms. The van der Waals surface area contributed by atoms with Crippen LogP contribution in [0.3, 0.4) is 0 Å². The highest BCUT2D eigenvalue weighted by molar-refractivity contribution is 7.09. The van der Waals surface area contributed by atoms with Crippen molar-refractivity contribution in [1.29, 1.82) is 0 Å². The number of likely N-dealkylation sites (N-methyl/N-ethyl adjacent to an activating group) is 1. The molecule has 0 radical (unpaired) electrons. The highest BCUT2D eigenvalue weighted by Gasteiger charge is 2.37. The largest absolute Gasteiger partial charge is 0.357 e. The Bertz CT molecular complexity index is 1370. The number of hydrogen-bond donors (Lipinski definition) is 2. The summed E-state index contributed by atoms with van der Waals surface area (Å²) < 4.78 is 5.88. The average molecular weight is 710 g/mol. The van der Waals surface area contributed by atoms with Crippen LogP contribution in [0.25, 0.3) is 0 Å². The standard InChI is InChI=1S/C39H59N5O5S/c1-8-21-49-26-44(39(48)36(29(6)9-2)42-38(47)34-17-13-14-20-43(34)7)33(27(3)4)18-19-35-41-32(25-50-35)37(46)40-31(22-28(5)24-45)23-30-15-11-10-12-16-30/h8,10-12,15-16,24-25,27-29,31,33-34,36H,1,9,13-14,17-23,26H2,2-7H3,(H,40,46)(H,42,47)/t28-,29?,31+,33?,34?,36-/m0/s1. The van der Waals surface area contributed by atoms with Gasteiger partial charge in [-0.3, -0.25) is 19.3 Å². The summed E-state index contributed by atoms with van der Waals surface area (Å²) in [5.74, 6) is -0.690. The highest BCUT2D eigenvalue weighted by Crippen LogP contribution is 2.24. The summed E-state index contributed by atoms with van der Waals surface area (Å²) in [6.45, 7) is 15.1. The zero-order chi connectivity index (χ0) is 36.6. The third-order valence-corrected chi connectivity index (χ3v) is 10.7. The fourth-order valence-electron chi connectivity index (χ4n) is 6.58. The van der Waals surface area contributed by atoms with E-state index in [1.54, 1.807) is 16.4 Å². The summed E-state index contributed by atoms with van der Waals surface area (Å²) in [7, 11) is 1.97. The summed E-state index contributed by atoms with van der Waals surface area (Å²) in [4.78, 5) is 61.2. The van der Waals surface area contributed by atoms with E-state index in [2.05, 4.69) is 40.9 Å². The van der Waals surface area contributed by atoms with Crippen molar-refractivity contribution in [3.05, 3.63) is 64.6 Å². The number of nitrogens with zero attached hydrogens (tertiary/aromatic N) is 3. The van der Waals surface area contributed by atoms with Gasteiger partial charge in [0.05, 0.1) is 17.7 Å². The second-order valence-corrected chi connectivity index (χ2v) is 15.1. The lowest BCUT2D eigenvalue weighted by molar-refractivity contribution is -0.147. The number of thiazole rings is 1. The first kappa shape index (κ1) is 41.0. The van der Waals surface area contributed by atoms with E-state index in [1.807, 2.05) is 58.2 Å². The summed E-state index contributed by atoms with van der Waals surface area (Å²) in [5.41, 5.74) is 1.43. The molecular formula is C39H59N5O5S. The number of benzene rings is 1. The van der Waals surface area contributed by atoms with E-state index >= 15 is 0 Å². The van der Waals surface area contributed by atoms with Crippen LogP contribution in [0.2, 0.25) is 0 Å². The van der Waals surface area contributed by atoms with Gasteiger partial charge in [0.1, 0.15) is 24.8 Å². The number of likely N-dealkylation sites (tertiary alicyclic amines) is 1. The maximum atomic E-state index is 14.4. The van der Waals surface area contributed by atoms with E-state index in [1.165, 1.54) is 11.3 Å². The topological polar surface area (TPSA) is 121 Å². The molecule has 11 heteroatoms. The Balaban J connectivity index is 1.75. The first-order valence-corrected chi connectivity index (χ1v) is 19.1. The predicted molar refractivity (Wildman–Crippen MR) is 200 cm³/mol. The number of rotatable bonds is 21. The summed E-state index contributed by atoms with van der Waals surface area (Å²) in [6, 6.07) is 8.57. The number of hydrogen-bond acceptors (Lipinski definition) is 8. The smallest absolute Gasteiger partial charge is 0.270 e. The van der Waals surface area contributed by atoms with Crippen LogP contribution in [0.4, 0.5) is 0 Å². The van der Waals surface area contributed by atoms with Crippen LogP contribution in [0.15, 0.2) is 48.4 Å². The third kappa shape index (κ3) is 12.4. The van der Waals surface area contributed by atoms with Crippen LogP contribution in [0.5, 0.6) is 0 Å². The molecule has 1 saturated heterocycles. The van der Waals surface area contributed by atoms with Gasteiger partial charge in [0, 0.05) is 29.8 Å². The molecule has 1 aromatic heterocycles. The quantitative estimate of drug-likeness (QED) is 0.0742. The van der Waals surface area contributed by atoms with E-state index in [-0.39, 0.29) is 60.3 Å². The van der Waals surface area contributed by atoms with E-state index in [0.29, 0.717) is 38.0 Å². The molecule has 0 saturated carbocycles. The highest BCUT2D eigenvalue weighted by atomic mass is 32.1. The number of aldehydes is 1. The van der Waals surface area contributed by atoms with Crippen LogP contribution in [0, 0.1) is 17.8 Å². The molecule has 1 aliphatic heterocycles. The Labute approximate surface area is 303 Å². The van der Waals surface area contributed by atoms with Crippen molar-refractivity contribution >= 4 is 35.3 Å². The maximum Gasteiger partial charge on any atom is 0.270 e. The third-order valence-electron chi connectivity index (χ3n) is 9.76. The Morgan fingerprint density at radius 3 is 2.52 bits per heavy atom. The van der Waals surface area contributed by atoms with Crippen LogP contribution in [-0.2, 0) is 32.0 Å². The predicted octanol–water partition coefficient (Wildman–Crippen LogP) is 5.67. The van der Waals surface area contributed by atoms with E-state index < -0.39 is 6.04 Å². The molecule has 3 unspecified atom stereocenters. The molecule has 2 heterocycles. The molecule has 2 aromatic rings. The van der Waals surface area contributed by atoms with Gasteiger partial charge in [-0.05, 0) is 63.1 Å². The molecule has 50 heavy (non-hydrogen) atoms. The molecule has 6 atom stereocenters. The zero-order valence-electron chi connectivity index (χ0n) is 30.9. The van der Waals surface area contributed by atoms with Crippen molar-refractivity contribution in [3.63, 3.8) is 0 Å². The number of aromatic nitrogens is 1. The van der Waals surface area contributed by atoms with Crippen molar-refractivity contribution in [3.8, 4) is 0 Å². The molecule has 3 rings (SSSR count). The SMILES string of the molecule is C=CCOCN(C(=O)[C@@H](NC(=O)C1CCCCN1C)C(C)CC)C(CCc1nc(C(=O)N[C@@H](Cc2ccccc2)C[C@H](C)C=O)cs1)C(C)C. The molecule has 10 nitrogen and oxygen atoms in total. The van der Waals surface area contributed by atoms with Crippen LogP contribution in [-0.4, -0.2) is 89.9 Å². The van der Waals surface area contributed by atoms with Gasteiger partial charge >= 0.3 is 0 Å². The zero-order valence-corrected chi connectivity index (χ0v) is 31.8. The van der Waals surface area contributed by atoms with Crippen molar-refractivity contribution < 1.29 is 23.9 Å². The second-order valence-electron chi connectivity index (χ2n) is 14.1. The normalized spacial score (nSPS) is 18.0. The van der Waals surface area contributed by atoms with Crippen molar-refractivity contribution in [1.82, 2.24) is 25.4 Å². The molecule has 1 fully saturated rings. The molecule has 2 N–H and O–H groups in total. The van der Waals surface area contributed by atoms with Crippen LogP contribution >= 0.6 is 11.3 Å². The first-order valence-electron chi connectivity index (χ1n) is 18.2. The molecule has 276 valence electrons. The summed E-state index contributed by atoms with van der Waals surface area (Å²) in [5, 5.41) is 8.82. The van der Waals surface area contributed by atoms with Gasteiger partial charge in [-0.2, -0.15) is 0 Å². The van der Waals surface area contributed by atoms with Gasteiger partial charge in [0.25, 0.3) is 5.91 Å². The van der Waals surface area contributed by atoms with Crippen molar-refractivity contribution in [2.75, 3.05) is 26.9 Å². The second kappa shape index (κ2) is 21.1. The monoisotopic (exact) mass is 709 g/mol. The summed E-state index contributed by atoms with van der Waals surface area (Å²) >= 11 is 1.42. The summed E-state index contributed by atoms with van der Waals surface area (Å²) in [6.07, 6.45) is 8.47. The number of aryl methyl sites for hydroxylation is 1. The van der Waals surface area contributed by atoms with Crippen molar-refractivity contribution in [2.24, 2.45) is 17.8 Å². The number of amides is 3. The van der Waals surface area contributed by atoms with E-state index in [9.17, 15) is 19.2 Å².